The van der Waals surface area contributed by atoms with Gasteiger partial charge >= 0.3 is 17.1 Å². The molecule has 0 aromatic heterocycles. The maximum Gasteiger partial charge on any atom is 2.00 e. The first-order valence-corrected chi connectivity index (χ1v) is 0.855. The van der Waals surface area contributed by atoms with Crippen LogP contribution in [0.5, 0.6) is 0 Å². The summed E-state index contributed by atoms with van der Waals surface area (Å²) in [4.78, 5) is 16.5. The van der Waals surface area contributed by atoms with Crippen molar-refractivity contribution < 1.29 is 36.9 Å². The molecular formula is C2H2CuO4. The second-order valence-corrected chi connectivity index (χ2v) is 0.183. The van der Waals surface area contributed by atoms with Crippen molar-refractivity contribution in [3.05, 3.63) is 0 Å². The summed E-state index contributed by atoms with van der Waals surface area (Å²) in [5.74, 6) is 0. The van der Waals surface area contributed by atoms with Gasteiger partial charge in [-0.2, -0.15) is 0 Å². The molecule has 0 bridgehead atoms. The number of aliphatic hydroxyl groups excluding tert-OH is 2. The summed E-state index contributed by atoms with van der Waals surface area (Å²) in [6.07, 6.45) is 0. The summed E-state index contributed by atoms with van der Waals surface area (Å²) in [6, 6.07) is 0. The molecule has 0 amide bonds. The van der Waals surface area contributed by atoms with Gasteiger partial charge in [-0.3, -0.25) is 0 Å². The average molecular weight is 154 g/mol. The zero-order valence-corrected chi connectivity index (χ0v) is 3.95. The molecule has 0 heterocycles. The monoisotopic (exact) mass is 153 g/mol. The van der Waals surface area contributed by atoms with E-state index in [0.29, 0.717) is 12.9 Å². The molecule has 45 valence electrons. The molecule has 1 radical (unpaired) electrons. The van der Waals surface area contributed by atoms with Gasteiger partial charge in [0.15, 0.2) is 0 Å². The van der Waals surface area contributed by atoms with E-state index in [4.69, 9.17) is 19.8 Å². The van der Waals surface area contributed by atoms with Crippen LogP contribution in [0.25, 0.3) is 0 Å². The molecule has 4 nitrogen and oxygen atoms in total. The Morgan fingerprint density at radius 2 is 1.00 bits per heavy atom. The number of rotatable bonds is 0. The van der Waals surface area contributed by atoms with E-state index < -0.39 is 0 Å². The van der Waals surface area contributed by atoms with Gasteiger partial charge in [0.2, 0.25) is 0 Å². The first-order chi connectivity index (χ1) is 2.83. The fourth-order valence-electron chi connectivity index (χ4n) is 0. The summed E-state index contributed by atoms with van der Waals surface area (Å²) >= 11 is 0. The summed E-state index contributed by atoms with van der Waals surface area (Å²) in [7, 11) is 0. The van der Waals surface area contributed by atoms with E-state index in [1.807, 2.05) is 0 Å². The second-order valence-electron chi connectivity index (χ2n) is 0.183. The molecule has 0 aromatic rings. The Labute approximate surface area is 50.6 Å². The molecule has 0 aliphatic carbocycles. The summed E-state index contributed by atoms with van der Waals surface area (Å²) in [5, 5.41) is 13.5. The Kier molecular flexibility index (Phi) is 117. The molecule has 0 aromatic carbocycles. The maximum atomic E-state index is 8.24. The normalized spacial score (nSPS) is 3.43. The van der Waals surface area contributed by atoms with Crippen LogP contribution < -0.4 is 0 Å². The summed E-state index contributed by atoms with van der Waals surface area (Å²) in [5.41, 5.74) is 0. The molecule has 0 saturated heterocycles. The van der Waals surface area contributed by atoms with E-state index in [-0.39, 0.29) is 17.1 Å². The third-order valence-corrected chi connectivity index (χ3v) is 0. The van der Waals surface area contributed by atoms with Crippen molar-refractivity contribution in [2.45, 2.75) is 0 Å². The topological polar surface area (TPSA) is 74.6 Å². The van der Waals surface area contributed by atoms with Crippen molar-refractivity contribution in [1.29, 1.82) is 0 Å². The minimum absolute atomic E-state index is 0. The molecule has 0 aliphatic rings. The van der Waals surface area contributed by atoms with E-state index in [0.717, 1.165) is 0 Å². The SMILES string of the molecule is O=[C-]O.O=[C-]O.[Cu+2]. The van der Waals surface area contributed by atoms with Crippen molar-refractivity contribution in [2.24, 2.45) is 0 Å². The quantitative estimate of drug-likeness (QED) is 0.354. The Hall–Kier alpha value is -0.541. The largest absolute Gasteiger partial charge is 2.00 e. The third kappa shape index (κ3) is 224. The van der Waals surface area contributed by atoms with Crippen LogP contribution in [0, 0.1) is 0 Å². The fraction of sp³-hybridized carbons (Fsp3) is 0. The Morgan fingerprint density at radius 1 is 1.00 bits per heavy atom. The molecule has 0 rings (SSSR count). The standard InChI is InChI=1S/2CHO2.Cu/c2*2-1-3;/h2*(H,2,3);/q2*-1;+2. The molecular weight excluding hydrogens is 152 g/mol. The molecule has 2 N–H and O–H groups in total. The van der Waals surface area contributed by atoms with Gasteiger partial charge in [-0.1, -0.05) is 12.9 Å². The van der Waals surface area contributed by atoms with Crippen molar-refractivity contribution in [3.63, 3.8) is 0 Å². The molecule has 0 fully saturated rings. The van der Waals surface area contributed by atoms with Crippen LogP contribution >= 0.6 is 0 Å². The molecule has 0 aliphatic heterocycles. The minimum atomic E-state index is 0. The van der Waals surface area contributed by atoms with E-state index >= 15 is 0 Å². The first-order valence-electron chi connectivity index (χ1n) is 0.855. The van der Waals surface area contributed by atoms with E-state index in [1.54, 1.807) is 0 Å². The smallest absolute Gasteiger partial charge is 0.665 e. The van der Waals surface area contributed by atoms with Crippen molar-refractivity contribution >= 4 is 12.9 Å². The van der Waals surface area contributed by atoms with Crippen LogP contribution in [-0.4, -0.2) is 23.2 Å². The van der Waals surface area contributed by atoms with Gasteiger partial charge in [-0.05, 0) is 0 Å². The second kappa shape index (κ2) is 51.0. The molecule has 0 unspecified atom stereocenters. The van der Waals surface area contributed by atoms with Crippen LogP contribution in [0.4, 0.5) is 0 Å². The predicted molar refractivity (Wildman–Crippen MR) is 16.6 cm³/mol. The minimum Gasteiger partial charge on any atom is -0.665 e. The number of hydrogen-bond donors (Lipinski definition) is 2. The van der Waals surface area contributed by atoms with Crippen molar-refractivity contribution in [3.8, 4) is 0 Å². The molecule has 0 saturated carbocycles. The molecule has 7 heavy (non-hydrogen) atoms. The zero-order chi connectivity index (χ0) is 5.41. The first kappa shape index (κ1) is 16.1. The van der Waals surface area contributed by atoms with Gasteiger partial charge in [-0.25, -0.2) is 0 Å². The van der Waals surface area contributed by atoms with Crippen molar-refractivity contribution in [2.75, 3.05) is 0 Å². The van der Waals surface area contributed by atoms with E-state index in [9.17, 15) is 0 Å². The Balaban J connectivity index is -0.0000000400. The summed E-state index contributed by atoms with van der Waals surface area (Å²) < 4.78 is 0. The third-order valence-electron chi connectivity index (χ3n) is 0. The van der Waals surface area contributed by atoms with Gasteiger partial charge in [-0.15, -0.1) is 0 Å². The van der Waals surface area contributed by atoms with Crippen LogP contribution in [-0.2, 0) is 26.7 Å². The van der Waals surface area contributed by atoms with Gasteiger partial charge in [0.25, 0.3) is 0 Å². The van der Waals surface area contributed by atoms with Gasteiger partial charge < -0.3 is 19.8 Å². The average Bonchev–Trinajstić information content (AvgIpc) is 1.39. The van der Waals surface area contributed by atoms with Crippen LogP contribution in [0.1, 0.15) is 0 Å². The van der Waals surface area contributed by atoms with Crippen LogP contribution in [0.15, 0.2) is 0 Å². The predicted octanol–water partition coefficient (Wildman–Crippen LogP) is -0.779. The Morgan fingerprint density at radius 3 is 1.00 bits per heavy atom. The zero-order valence-electron chi connectivity index (χ0n) is 3.01. The van der Waals surface area contributed by atoms with Crippen LogP contribution in [0.3, 0.4) is 0 Å². The van der Waals surface area contributed by atoms with Gasteiger partial charge in [0, 0.05) is 0 Å². The van der Waals surface area contributed by atoms with E-state index in [1.165, 1.54) is 0 Å². The summed E-state index contributed by atoms with van der Waals surface area (Å²) in [6.45, 7) is 1.00. The molecule has 0 spiro atoms. The number of hydrogen-bond acceptors (Lipinski definition) is 2. The van der Waals surface area contributed by atoms with E-state index in [2.05, 4.69) is 0 Å². The molecule has 5 heteroatoms. The van der Waals surface area contributed by atoms with Crippen LogP contribution in [0.2, 0.25) is 0 Å². The van der Waals surface area contributed by atoms with Gasteiger partial charge in [0.1, 0.15) is 0 Å². The Bertz CT molecular complexity index is 30.7. The molecule has 0 atom stereocenters. The fourth-order valence-corrected chi connectivity index (χ4v) is 0. The maximum absolute atomic E-state index is 8.24. The van der Waals surface area contributed by atoms with Gasteiger partial charge in [0.05, 0.1) is 0 Å². The van der Waals surface area contributed by atoms with Crippen molar-refractivity contribution in [1.82, 2.24) is 0 Å².